The third kappa shape index (κ3) is 11.1. The van der Waals surface area contributed by atoms with Crippen molar-refractivity contribution in [2.45, 2.75) is 98.8 Å². The van der Waals surface area contributed by atoms with Gasteiger partial charge in [-0.2, -0.15) is 0 Å². The fourth-order valence-corrected chi connectivity index (χ4v) is 3.17. The van der Waals surface area contributed by atoms with E-state index in [2.05, 4.69) is 34.6 Å². The predicted molar refractivity (Wildman–Crippen MR) is 118 cm³/mol. The molecule has 0 aromatic heterocycles. The van der Waals surface area contributed by atoms with Crippen LogP contribution in [0.15, 0.2) is 18.2 Å². The van der Waals surface area contributed by atoms with Crippen LogP contribution < -0.4 is 9.47 Å². The Morgan fingerprint density at radius 3 is 1.97 bits per heavy atom. The quantitative estimate of drug-likeness (QED) is 0.193. The minimum Gasteiger partial charge on any atom is -0.423 e. The van der Waals surface area contributed by atoms with Crippen molar-refractivity contribution in [3.8, 4) is 11.5 Å². The number of rotatable bonds is 14. The molecule has 0 radical (unpaired) electrons. The first-order chi connectivity index (χ1) is 13.8. The van der Waals surface area contributed by atoms with Gasteiger partial charge in [-0.3, -0.25) is 9.59 Å². The molecule has 0 saturated carbocycles. The SMILES string of the molecule is CCCCCc1cccc(OC(=O)CCCC(C)C)c1OC(=O)CCCC(C)C. The zero-order valence-electron chi connectivity index (χ0n) is 19.1. The summed E-state index contributed by atoms with van der Waals surface area (Å²) in [6.07, 6.45) is 8.39. The van der Waals surface area contributed by atoms with E-state index in [9.17, 15) is 9.59 Å². The van der Waals surface area contributed by atoms with E-state index >= 15 is 0 Å². The Bertz CT molecular complexity index is 619. The topological polar surface area (TPSA) is 52.6 Å². The third-order valence-corrected chi connectivity index (χ3v) is 4.87. The van der Waals surface area contributed by atoms with Gasteiger partial charge < -0.3 is 9.47 Å². The number of para-hydroxylation sites is 1. The van der Waals surface area contributed by atoms with Crippen LogP contribution in [0.1, 0.15) is 98.0 Å². The van der Waals surface area contributed by atoms with Crippen LogP contribution in [0.2, 0.25) is 0 Å². The Morgan fingerprint density at radius 2 is 1.41 bits per heavy atom. The summed E-state index contributed by atoms with van der Waals surface area (Å²) in [6.45, 7) is 10.7. The van der Waals surface area contributed by atoms with E-state index in [0.29, 0.717) is 36.2 Å². The van der Waals surface area contributed by atoms with Gasteiger partial charge in [0.2, 0.25) is 0 Å². The lowest BCUT2D eigenvalue weighted by Crippen LogP contribution is -2.13. The van der Waals surface area contributed by atoms with Crippen molar-refractivity contribution in [1.82, 2.24) is 0 Å². The van der Waals surface area contributed by atoms with Crippen molar-refractivity contribution in [2.75, 3.05) is 0 Å². The van der Waals surface area contributed by atoms with E-state index in [-0.39, 0.29) is 11.9 Å². The maximum absolute atomic E-state index is 12.4. The predicted octanol–water partition coefficient (Wildman–Crippen LogP) is 6.88. The highest BCUT2D eigenvalue weighted by atomic mass is 16.6. The Hall–Kier alpha value is -1.84. The van der Waals surface area contributed by atoms with Crippen LogP contribution in [-0.4, -0.2) is 11.9 Å². The number of carbonyl (C=O) groups excluding carboxylic acids is 2. The maximum Gasteiger partial charge on any atom is 0.311 e. The molecule has 0 aliphatic rings. The summed E-state index contributed by atoms with van der Waals surface area (Å²) in [5.74, 6) is 1.39. The van der Waals surface area contributed by atoms with Crippen LogP contribution in [0, 0.1) is 11.8 Å². The Morgan fingerprint density at radius 1 is 0.828 bits per heavy atom. The van der Waals surface area contributed by atoms with E-state index in [1.165, 1.54) is 0 Å². The first-order valence-electron chi connectivity index (χ1n) is 11.4. The number of hydrogen-bond acceptors (Lipinski definition) is 4. The number of benzene rings is 1. The van der Waals surface area contributed by atoms with Gasteiger partial charge in [0.1, 0.15) is 0 Å². The van der Waals surface area contributed by atoms with Gasteiger partial charge in [-0.1, -0.05) is 72.4 Å². The van der Waals surface area contributed by atoms with E-state index in [1.54, 1.807) is 6.07 Å². The van der Waals surface area contributed by atoms with Crippen LogP contribution >= 0.6 is 0 Å². The second-order valence-corrected chi connectivity index (χ2v) is 8.72. The molecule has 0 unspecified atom stereocenters. The molecule has 0 spiro atoms. The van der Waals surface area contributed by atoms with Gasteiger partial charge in [0.25, 0.3) is 0 Å². The lowest BCUT2D eigenvalue weighted by Gasteiger charge is -2.15. The highest BCUT2D eigenvalue weighted by Crippen LogP contribution is 2.33. The van der Waals surface area contributed by atoms with E-state index in [1.807, 2.05) is 12.1 Å². The second kappa shape index (κ2) is 14.2. The normalized spacial score (nSPS) is 11.1. The average Bonchev–Trinajstić information content (AvgIpc) is 2.63. The van der Waals surface area contributed by atoms with Gasteiger partial charge in [-0.15, -0.1) is 0 Å². The highest BCUT2D eigenvalue weighted by Gasteiger charge is 2.18. The number of aryl methyl sites for hydroxylation is 1. The molecule has 0 amide bonds. The Labute approximate surface area is 177 Å². The highest BCUT2D eigenvalue weighted by molar-refractivity contribution is 5.76. The van der Waals surface area contributed by atoms with Crippen molar-refractivity contribution in [3.63, 3.8) is 0 Å². The van der Waals surface area contributed by atoms with Gasteiger partial charge >= 0.3 is 11.9 Å². The number of carbonyl (C=O) groups is 2. The van der Waals surface area contributed by atoms with E-state index in [4.69, 9.17) is 9.47 Å². The molecule has 0 fully saturated rings. The zero-order valence-corrected chi connectivity index (χ0v) is 19.1. The minimum absolute atomic E-state index is 0.259. The fraction of sp³-hybridized carbons (Fsp3) is 0.680. The average molecular weight is 405 g/mol. The molecule has 0 bridgehead atoms. The van der Waals surface area contributed by atoms with Crippen LogP contribution in [0.25, 0.3) is 0 Å². The number of hydrogen-bond donors (Lipinski definition) is 0. The van der Waals surface area contributed by atoms with Gasteiger partial charge in [-0.05, 0) is 49.1 Å². The van der Waals surface area contributed by atoms with Gasteiger partial charge in [0, 0.05) is 12.8 Å². The molecule has 164 valence electrons. The molecule has 0 heterocycles. The third-order valence-electron chi connectivity index (χ3n) is 4.87. The lowest BCUT2D eigenvalue weighted by molar-refractivity contribution is -0.137. The molecule has 0 saturated heterocycles. The summed E-state index contributed by atoms with van der Waals surface area (Å²) in [5.41, 5.74) is 0.933. The molecule has 1 aromatic carbocycles. The second-order valence-electron chi connectivity index (χ2n) is 8.72. The zero-order chi connectivity index (χ0) is 21.6. The summed E-state index contributed by atoms with van der Waals surface area (Å²) in [5, 5.41) is 0. The summed E-state index contributed by atoms with van der Waals surface area (Å²) >= 11 is 0. The summed E-state index contributed by atoms with van der Waals surface area (Å²) < 4.78 is 11.3. The lowest BCUT2D eigenvalue weighted by atomic mass is 10.1. The smallest absolute Gasteiger partial charge is 0.311 e. The largest absolute Gasteiger partial charge is 0.423 e. The Balaban J connectivity index is 2.85. The van der Waals surface area contributed by atoms with Crippen LogP contribution in [0.5, 0.6) is 11.5 Å². The van der Waals surface area contributed by atoms with Crippen molar-refractivity contribution in [2.24, 2.45) is 11.8 Å². The Kier molecular flexibility index (Phi) is 12.3. The van der Waals surface area contributed by atoms with Crippen molar-refractivity contribution < 1.29 is 19.1 Å². The molecule has 0 aliphatic heterocycles. The van der Waals surface area contributed by atoms with E-state index in [0.717, 1.165) is 56.9 Å². The van der Waals surface area contributed by atoms with Crippen molar-refractivity contribution in [3.05, 3.63) is 23.8 Å². The molecule has 0 atom stereocenters. The standard InChI is InChI=1S/C25H40O4/c1-6-7-8-14-21-15-11-16-22(28-23(26)17-9-12-19(2)3)25(21)29-24(27)18-10-13-20(4)5/h11,15-16,19-20H,6-10,12-14,17-18H2,1-5H3. The molecule has 4 heteroatoms. The molecule has 29 heavy (non-hydrogen) atoms. The summed E-state index contributed by atoms with van der Waals surface area (Å²) in [7, 11) is 0. The number of esters is 2. The number of ether oxygens (including phenoxy) is 2. The van der Waals surface area contributed by atoms with Crippen molar-refractivity contribution in [1.29, 1.82) is 0 Å². The van der Waals surface area contributed by atoms with Crippen LogP contribution in [0.3, 0.4) is 0 Å². The molecule has 0 N–H and O–H groups in total. The molecular weight excluding hydrogens is 364 g/mol. The first-order valence-corrected chi connectivity index (χ1v) is 11.4. The van der Waals surface area contributed by atoms with Gasteiger partial charge in [-0.25, -0.2) is 0 Å². The van der Waals surface area contributed by atoms with E-state index < -0.39 is 0 Å². The van der Waals surface area contributed by atoms with Crippen LogP contribution in [-0.2, 0) is 16.0 Å². The molecular formula is C25H40O4. The molecule has 1 rings (SSSR count). The van der Waals surface area contributed by atoms with Gasteiger partial charge in [0.15, 0.2) is 11.5 Å². The number of unbranched alkanes of at least 4 members (excludes halogenated alkanes) is 2. The van der Waals surface area contributed by atoms with Crippen molar-refractivity contribution >= 4 is 11.9 Å². The first kappa shape index (κ1) is 25.2. The molecule has 1 aromatic rings. The summed E-state index contributed by atoms with van der Waals surface area (Å²) in [6, 6.07) is 5.55. The monoisotopic (exact) mass is 404 g/mol. The minimum atomic E-state index is -0.270. The summed E-state index contributed by atoms with van der Waals surface area (Å²) in [4.78, 5) is 24.7. The van der Waals surface area contributed by atoms with Crippen LogP contribution in [0.4, 0.5) is 0 Å². The maximum atomic E-state index is 12.4. The molecule has 4 nitrogen and oxygen atoms in total. The molecule has 0 aliphatic carbocycles. The van der Waals surface area contributed by atoms with Gasteiger partial charge in [0.05, 0.1) is 0 Å². The fourth-order valence-electron chi connectivity index (χ4n) is 3.17.